The first-order valence-electron chi connectivity index (χ1n) is 6.23. The zero-order chi connectivity index (χ0) is 13.8. The van der Waals surface area contributed by atoms with Crippen molar-refractivity contribution in [3.63, 3.8) is 0 Å². The fourth-order valence-electron chi connectivity index (χ4n) is 1.71. The number of hydrogen-bond donors (Lipinski definition) is 2. The number of nitrogen functional groups attached to an aromatic ring is 1. The molecule has 19 heavy (non-hydrogen) atoms. The molecule has 0 amide bonds. The predicted octanol–water partition coefficient (Wildman–Crippen LogP) is 2.15. The molecule has 2 aromatic heterocycles. The Morgan fingerprint density at radius 2 is 1.95 bits per heavy atom. The van der Waals surface area contributed by atoms with Crippen LogP contribution in [0.1, 0.15) is 44.1 Å². The third-order valence-corrected chi connectivity index (χ3v) is 2.77. The van der Waals surface area contributed by atoms with E-state index in [1.54, 1.807) is 6.20 Å². The largest absolute Gasteiger partial charge is 0.368 e. The van der Waals surface area contributed by atoms with Crippen molar-refractivity contribution >= 4 is 11.8 Å². The number of aromatic nitrogens is 4. The van der Waals surface area contributed by atoms with Gasteiger partial charge in [0.05, 0.1) is 17.4 Å². The van der Waals surface area contributed by atoms with Crippen LogP contribution >= 0.6 is 0 Å². The highest BCUT2D eigenvalue weighted by Crippen LogP contribution is 2.20. The minimum Gasteiger partial charge on any atom is -0.368 e. The summed E-state index contributed by atoms with van der Waals surface area (Å²) in [6.07, 6.45) is 3.25. The Kier molecular flexibility index (Phi) is 3.89. The summed E-state index contributed by atoms with van der Waals surface area (Å²) in [4.78, 5) is 16.5. The average Bonchev–Trinajstić information content (AvgIpc) is 2.39. The van der Waals surface area contributed by atoms with Crippen molar-refractivity contribution in [2.45, 2.75) is 32.7 Å². The lowest BCUT2D eigenvalue weighted by molar-refractivity contribution is 0.800. The number of nitrogens with zero attached hydrogens (tertiary/aromatic N) is 4. The van der Waals surface area contributed by atoms with Gasteiger partial charge in [-0.1, -0.05) is 13.8 Å². The van der Waals surface area contributed by atoms with Gasteiger partial charge in [0, 0.05) is 12.3 Å². The topological polar surface area (TPSA) is 89.6 Å². The second-order valence-electron chi connectivity index (χ2n) is 4.69. The Bertz CT molecular complexity index is 540. The molecule has 100 valence electrons. The number of hydrogen-bond acceptors (Lipinski definition) is 6. The van der Waals surface area contributed by atoms with Gasteiger partial charge in [-0.3, -0.25) is 0 Å². The van der Waals surface area contributed by atoms with Crippen molar-refractivity contribution in [1.29, 1.82) is 0 Å². The minimum atomic E-state index is 0.0253. The second-order valence-corrected chi connectivity index (χ2v) is 4.69. The van der Waals surface area contributed by atoms with Crippen molar-refractivity contribution in [2.75, 3.05) is 11.1 Å². The highest BCUT2D eigenvalue weighted by Gasteiger charge is 2.10. The van der Waals surface area contributed by atoms with Gasteiger partial charge in [0.25, 0.3) is 0 Å². The summed E-state index contributed by atoms with van der Waals surface area (Å²) in [5, 5.41) is 3.27. The first-order chi connectivity index (χ1) is 9.06. The van der Waals surface area contributed by atoms with E-state index in [0.717, 1.165) is 11.4 Å². The third-order valence-electron chi connectivity index (χ3n) is 2.77. The molecule has 0 radical (unpaired) electrons. The van der Waals surface area contributed by atoms with Crippen molar-refractivity contribution in [3.8, 4) is 0 Å². The van der Waals surface area contributed by atoms with Crippen LogP contribution in [0.15, 0.2) is 24.7 Å². The zero-order valence-corrected chi connectivity index (χ0v) is 11.3. The molecule has 0 saturated heterocycles. The Morgan fingerprint density at radius 1 is 1.16 bits per heavy atom. The molecule has 0 saturated carbocycles. The first-order valence-corrected chi connectivity index (χ1v) is 6.23. The zero-order valence-electron chi connectivity index (χ0n) is 11.3. The molecule has 0 aliphatic heterocycles. The summed E-state index contributed by atoms with van der Waals surface area (Å²) in [5.74, 6) is 1.30. The Morgan fingerprint density at radius 3 is 2.58 bits per heavy atom. The maximum atomic E-state index is 5.72. The second kappa shape index (κ2) is 5.60. The smallest absolute Gasteiger partial charge is 0.222 e. The standard InChI is InChI=1S/C13H18N6/c1-8(2)11-6-12(19-13(14)18-11)17-9(3)10-4-5-15-7-16-10/h4-9H,1-3H3,(H3,14,17,18,19). The van der Waals surface area contributed by atoms with E-state index in [-0.39, 0.29) is 12.0 Å². The molecule has 6 heteroatoms. The van der Waals surface area contributed by atoms with Gasteiger partial charge < -0.3 is 11.1 Å². The van der Waals surface area contributed by atoms with Crippen LogP contribution in [0.4, 0.5) is 11.8 Å². The van der Waals surface area contributed by atoms with E-state index in [1.165, 1.54) is 6.33 Å². The van der Waals surface area contributed by atoms with Crippen LogP contribution in [-0.2, 0) is 0 Å². The van der Waals surface area contributed by atoms with Crippen LogP contribution in [0.5, 0.6) is 0 Å². The molecule has 0 fully saturated rings. The lowest BCUT2D eigenvalue weighted by Gasteiger charge is -2.15. The van der Waals surface area contributed by atoms with Crippen LogP contribution < -0.4 is 11.1 Å². The van der Waals surface area contributed by atoms with E-state index in [1.807, 2.05) is 19.1 Å². The lowest BCUT2D eigenvalue weighted by atomic mass is 10.1. The van der Waals surface area contributed by atoms with Gasteiger partial charge in [-0.15, -0.1) is 0 Å². The molecule has 2 heterocycles. The summed E-state index contributed by atoms with van der Waals surface area (Å²) in [6.45, 7) is 6.15. The molecule has 6 nitrogen and oxygen atoms in total. The van der Waals surface area contributed by atoms with Gasteiger partial charge in [-0.25, -0.2) is 15.0 Å². The van der Waals surface area contributed by atoms with E-state index >= 15 is 0 Å². The molecule has 0 spiro atoms. The van der Waals surface area contributed by atoms with Crippen molar-refractivity contribution in [3.05, 3.63) is 36.0 Å². The maximum Gasteiger partial charge on any atom is 0.222 e. The van der Waals surface area contributed by atoms with E-state index in [0.29, 0.717) is 11.7 Å². The molecule has 0 aliphatic rings. The molecule has 1 unspecified atom stereocenters. The third kappa shape index (κ3) is 3.37. The highest BCUT2D eigenvalue weighted by molar-refractivity contribution is 5.42. The first kappa shape index (κ1) is 13.2. The van der Waals surface area contributed by atoms with Gasteiger partial charge in [0.1, 0.15) is 12.1 Å². The number of anilines is 2. The molecule has 2 aromatic rings. The average molecular weight is 258 g/mol. The van der Waals surface area contributed by atoms with Gasteiger partial charge in [0.2, 0.25) is 5.95 Å². The van der Waals surface area contributed by atoms with Crippen LogP contribution in [0.25, 0.3) is 0 Å². The monoisotopic (exact) mass is 258 g/mol. The highest BCUT2D eigenvalue weighted by atomic mass is 15.1. The normalized spacial score (nSPS) is 12.4. The van der Waals surface area contributed by atoms with Crippen molar-refractivity contribution < 1.29 is 0 Å². The number of rotatable bonds is 4. The molecular formula is C13H18N6. The number of nitrogens with two attached hydrogens (primary N) is 1. The summed E-state index contributed by atoms with van der Waals surface area (Å²) in [6, 6.07) is 3.81. The summed E-state index contributed by atoms with van der Waals surface area (Å²) in [7, 11) is 0. The summed E-state index contributed by atoms with van der Waals surface area (Å²) in [5.41, 5.74) is 7.55. The summed E-state index contributed by atoms with van der Waals surface area (Å²) < 4.78 is 0. The predicted molar refractivity (Wildman–Crippen MR) is 74.6 cm³/mol. The maximum absolute atomic E-state index is 5.72. The molecule has 3 N–H and O–H groups in total. The number of nitrogens with one attached hydrogen (secondary N) is 1. The van der Waals surface area contributed by atoms with Crippen LogP contribution in [0, 0.1) is 0 Å². The Hall–Kier alpha value is -2.24. The van der Waals surface area contributed by atoms with E-state index in [2.05, 4.69) is 39.1 Å². The molecule has 2 rings (SSSR count). The van der Waals surface area contributed by atoms with Gasteiger partial charge in [-0.2, -0.15) is 4.98 Å². The quantitative estimate of drug-likeness (QED) is 0.873. The molecule has 1 atom stereocenters. The van der Waals surface area contributed by atoms with E-state index in [9.17, 15) is 0 Å². The van der Waals surface area contributed by atoms with Gasteiger partial charge in [-0.05, 0) is 18.9 Å². The molecule has 0 aromatic carbocycles. The fraction of sp³-hybridized carbons (Fsp3) is 0.385. The van der Waals surface area contributed by atoms with E-state index in [4.69, 9.17) is 5.73 Å². The molecule has 0 aliphatic carbocycles. The van der Waals surface area contributed by atoms with Crippen LogP contribution in [0.2, 0.25) is 0 Å². The molecular weight excluding hydrogens is 240 g/mol. The molecule has 0 bridgehead atoms. The SMILES string of the molecule is CC(C)c1cc(NC(C)c2ccncn2)nc(N)n1. The van der Waals surface area contributed by atoms with Gasteiger partial charge >= 0.3 is 0 Å². The van der Waals surface area contributed by atoms with Crippen LogP contribution in [0.3, 0.4) is 0 Å². The fourth-order valence-corrected chi connectivity index (χ4v) is 1.71. The summed E-state index contributed by atoms with van der Waals surface area (Å²) >= 11 is 0. The Labute approximate surface area is 112 Å². The van der Waals surface area contributed by atoms with Crippen molar-refractivity contribution in [2.24, 2.45) is 0 Å². The lowest BCUT2D eigenvalue weighted by Crippen LogP contribution is -2.12. The van der Waals surface area contributed by atoms with Crippen LogP contribution in [-0.4, -0.2) is 19.9 Å². The van der Waals surface area contributed by atoms with Crippen molar-refractivity contribution in [1.82, 2.24) is 19.9 Å². The minimum absolute atomic E-state index is 0.0253. The Balaban J connectivity index is 2.19. The van der Waals surface area contributed by atoms with E-state index < -0.39 is 0 Å². The van der Waals surface area contributed by atoms with Gasteiger partial charge in [0.15, 0.2) is 0 Å².